The molecular formula is C23H24FN7O. The van der Waals surface area contributed by atoms with E-state index in [1.165, 1.54) is 11.1 Å². The SMILES string of the molecule is C=C(CCC(=O)N1N=CCC1c1cncc(F)c1)Cn1ncc2nc(C#N)ccc21.CC. The number of allylic oxidation sites excluding steroid dienone is 1. The number of carbonyl (C=O) groups excluding carboxylic acids is 1. The van der Waals surface area contributed by atoms with Gasteiger partial charge >= 0.3 is 0 Å². The molecule has 1 aliphatic heterocycles. The summed E-state index contributed by atoms with van der Waals surface area (Å²) in [6, 6.07) is 6.47. The van der Waals surface area contributed by atoms with Gasteiger partial charge in [0.15, 0.2) is 0 Å². The average molecular weight is 433 g/mol. The van der Waals surface area contributed by atoms with E-state index in [2.05, 4.69) is 26.7 Å². The molecule has 0 spiro atoms. The number of amides is 1. The first-order chi connectivity index (χ1) is 15.5. The smallest absolute Gasteiger partial charge is 0.243 e. The topological polar surface area (TPSA) is 100 Å². The van der Waals surface area contributed by atoms with Gasteiger partial charge in [0.2, 0.25) is 5.91 Å². The lowest BCUT2D eigenvalue weighted by Gasteiger charge is -2.22. The third-order valence-electron chi connectivity index (χ3n) is 4.88. The van der Waals surface area contributed by atoms with Crippen molar-refractivity contribution < 1.29 is 9.18 Å². The standard InChI is InChI=1S/C21H18FN7O.C2H6/c1-14(13-28-20-4-3-17(9-23)27-18(20)12-26-28)2-5-21(30)29-19(6-7-25-29)15-8-16(22)11-24-10-15;1-2/h3-4,7-8,10-12,19H,1-2,5-6,13H2;1-2H3. The number of fused-ring (bicyclic) bond motifs is 1. The predicted molar refractivity (Wildman–Crippen MR) is 119 cm³/mol. The van der Waals surface area contributed by atoms with Crippen molar-refractivity contribution in [3.05, 3.63) is 66.0 Å². The van der Waals surface area contributed by atoms with Crippen LogP contribution in [0.1, 0.15) is 50.4 Å². The second-order valence-corrected chi connectivity index (χ2v) is 6.99. The maximum atomic E-state index is 13.5. The third-order valence-corrected chi connectivity index (χ3v) is 4.88. The minimum Gasteiger partial charge on any atom is -0.273 e. The first-order valence-electron chi connectivity index (χ1n) is 10.4. The fourth-order valence-electron chi connectivity index (χ4n) is 3.39. The van der Waals surface area contributed by atoms with E-state index in [1.54, 1.807) is 35.4 Å². The largest absolute Gasteiger partial charge is 0.273 e. The van der Waals surface area contributed by atoms with Crippen LogP contribution in [-0.4, -0.2) is 36.9 Å². The number of pyridine rings is 2. The van der Waals surface area contributed by atoms with Crippen molar-refractivity contribution in [3.8, 4) is 6.07 Å². The van der Waals surface area contributed by atoms with Crippen LogP contribution in [0.4, 0.5) is 4.39 Å². The van der Waals surface area contributed by atoms with Gasteiger partial charge in [-0.3, -0.25) is 14.5 Å². The Bertz CT molecular complexity index is 1190. The van der Waals surface area contributed by atoms with Crippen molar-refractivity contribution in [2.24, 2.45) is 5.10 Å². The number of rotatable bonds is 6. The van der Waals surface area contributed by atoms with Gasteiger partial charge in [0.1, 0.15) is 23.1 Å². The molecule has 0 radical (unpaired) electrons. The van der Waals surface area contributed by atoms with E-state index in [9.17, 15) is 9.18 Å². The highest BCUT2D eigenvalue weighted by atomic mass is 19.1. The summed E-state index contributed by atoms with van der Waals surface area (Å²) in [4.78, 5) is 20.8. The van der Waals surface area contributed by atoms with Crippen LogP contribution < -0.4 is 0 Å². The number of nitrogens with zero attached hydrogens (tertiary/aromatic N) is 7. The van der Waals surface area contributed by atoms with E-state index in [0.29, 0.717) is 36.2 Å². The first kappa shape index (κ1) is 22.7. The molecule has 0 aliphatic carbocycles. The summed E-state index contributed by atoms with van der Waals surface area (Å²) in [7, 11) is 0. The van der Waals surface area contributed by atoms with Crippen LogP contribution in [0.3, 0.4) is 0 Å². The molecule has 3 aromatic heterocycles. The van der Waals surface area contributed by atoms with Crippen molar-refractivity contribution in [3.63, 3.8) is 0 Å². The Morgan fingerprint density at radius 1 is 1.28 bits per heavy atom. The van der Waals surface area contributed by atoms with Crippen LogP contribution in [0.2, 0.25) is 0 Å². The minimum atomic E-state index is -0.442. The number of aromatic nitrogens is 4. The van der Waals surface area contributed by atoms with Crippen molar-refractivity contribution >= 4 is 23.2 Å². The Kier molecular flexibility index (Phi) is 7.39. The number of hydrogen-bond donors (Lipinski definition) is 0. The number of nitriles is 1. The maximum absolute atomic E-state index is 13.5. The zero-order valence-electron chi connectivity index (χ0n) is 18.1. The van der Waals surface area contributed by atoms with Gasteiger partial charge in [0.05, 0.1) is 30.5 Å². The lowest BCUT2D eigenvalue weighted by molar-refractivity contribution is -0.133. The zero-order valence-corrected chi connectivity index (χ0v) is 18.1. The van der Waals surface area contributed by atoms with Gasteiger partial charge in [-0.15, -0.1) is 0 Å². The van der Waals surface area contributed by atoms with Crippen LogP contribution in [0.15, 0.2) is 54.0 Å². The average Bonchev–Trinajstić information content (AvgIpc) is 3.46. The molecule has 1 unspecified atom stereocenters. The Morgan fingerprint density at radius 2 is 2.09 bits per heavy atom. The molecule has 8 nitrogen and oxygen atoms in total. The summed E-state index contributed by atoms with van der Waals surface area (Å²) < 4.78 is 15.2. The second-order valence-electron chi connectivity index (χ2n) is 6.99. The van der Waals surface area contributed by atoms with E-state index in [1.807, 2.05) is 19.9 Å². The molecule has 164 valence electrons. The van der Waals surface area contributed by atoms with Crippen molar-refractivity contribution in [1.82, 2.24) is 24.8 Å². The van der Waals surface area contributed by atoms with Crippen LogP contribution in [-0.2, 0) is 11.3 Å². The summed E-state index contributed by atoms with van der Waals surface area (Å²) in [5, 5.41) is 18.8. The molecule has 1 amide bonds. The molecule has 0 N–H and O–H groups in total. The van der Waals surface area contributed by atoms with E-state index >= 15 is 0 Å². The molecule has 0 fully saturated rings. The Morgan fingerprint density at radius 3 is 2.84 bits per heavy atom. The fourth-order valence-corrected chi connectivity index (χ4v) is 3.39. The molecule has 0 saturated heterocycles. The molecule has 32 heavy (non-hydrogen) atoms. The summed E-state index contributed by atoms with van der Waals surface area (Å²) in [6.07, 6.45) is 7.15. The lowest BCUT2D eigenvalue weighted by atomic mass is 10.1. The number of halogens is 1. The molecule has 9 heteroatoms. The summed E-state index contributed by atoms with van der Waals surface area (Å²) in [6.45, 7) is 8.49. The highest BCUT2D eigenvalue weighted by Gasteiger charge is 2.28. The Labute approximate surface area is 185 Å². The predicted octanol–water partition coefficient (Wildman–Crippen LogP) is 4.16. The minimum absolute atomic E-state index is 0.162. The lowest BCUT2D eigenvalue weighted by Crippen LogP contribution is -2.27. The molecule has 0 bridgehead atoms. The fraction of sp³-hybridized carbons (Fsp3) is 0.304. The van der Waals surface area contributed by atoms with Gasteiger partial charge in [0.25, 0.3) is 0 Å². The van der Waals surface area contributed by atoms with Crippen LogP contribution in [0.25, 0.3) is 11.0 Å². The molecule has 3 aromatic rings. The summed E-state index contributed by atoms with van der Waals surface area (Å²) in [5.74, 6) is -0.604. The maximum Gasteiger partial charge on any atom is 0.243 e. The second kappa shape index (κ2) is 10.4. The highest BCUT2D eigenvalue weighted by molar-refractivity contribution is 5.80. The van der Waals surface area contributed by atoms with Gasteiger partial charge in [-0.05, 0) is 30.2 Å². The molecule has 1 aliphatic rings. The van der Waals surface area contributed by atoms with E-state index in [-0.39, 0.29) is 18.4 Å². The van der Waals surface area contributed by atoms with Gasteiger partial charge in [0, 0.05) is 25.3 Å². The van der Waals surface area contributed by atoms with E-state index in [0.717, 1.165) is 17.3 Å². The Hall–Kier alpha value is -3.93. The van der Waals surface area contributed by atoms with Gasteiger partial charge in [-0.2, -0.15) is 15.5 Å². The van der Waals surface area contributed by atoms with Crippen LogP contribution >= 0.6 is 0 Å². The van der Waals surface area contributed by atoms with E-state index < -0.39 is 5.82 Å². The zero-order chi connectivity index (χ0) is 23.1. The molecule has 4 heterocycles. The highest BCUT2D eigenvalue weighted by Crippen LogP contribution is 2.29. The first-order valence-corrected chi connectivity index (χ1v) is 10.4. The molecule has 0 aromatic carbocycles. The normalized spacial score (nSPS) is 14.7. The molecule has 4 rings (SSSR count). The van der Waals surface area contributed by atoms with Crippen LogP contribution in [0, 0.1) is 17.1 Å². The molecule has 1 atom stereocenters. The van der Waals surface area contributed by atoms with Gasteiger partial charge in [-0.1, -0.05) is 26.0 Å². The summed E-state index contributed by atoms with van der Waals surface area (Å²) >= 11 is 0. The number of carbonyl (C=O) groups is 1. The van der Waals surface area contributed by atoms with Crippen LogP contribution in [0.5, 0.6) is 0 Å². The monoisotopic (exact) mass is 433 g/mol. The van der Waals surface area contributed by atoms with E-state index in [4.69, 9.17) is 5.26 Å². The number of hydrazone groups is 1. The summed E-state index contributed by atoms with van der Waals surface area (Å²) in [5.41, 5.74) is 3.21. The van der Waals surface area contributed by atoms with Crippen molar-refractivity contribution in [1.29, 1.82) is 5.26 Å². The van der Waals surface area contributed by atoms with Gasteiger partial charge in [-0.25, -0.2) is 14.4 Å². The Balaban J connectivity index is 0.00000141. The molecular weight excluding hydrogens is 409 g/mol. The number of hydrogen-bond acceptors (Lipinski definition) is 6. The third kappa shape index (κ3) is 5.03. The van der Waals surface area contributed by atoms with Gasteiger partial charge < -0.3 is 0 Å². The quantitative estimate of drug-likeness (QED) is 0.544. The van der Waals surface area contributed by atoms with Crippen molar-refractivity contribution in [2.45, 2.75) is 45.7 Å². The van der Waals surface area contributed by atoms with Crippen molar-refractivity contribution in [2.75, 3.05) is 0 Å². The molecule has 0 saturated carbocycles.